The molecular formula is C16H22N2O4S. The molecule has 0 aromatic heterocycles. The Hall–Kier alpha value is -1.73. The Balaban J connectivity index is 2.22. The molecule has 0 radical (unpaired) electrons. The number of hydrogen-bond acceptors (Lipinski definition) is 4. The van der Waals surface area contributed by atoms with Gasteiger partial charge >= 0.3 is 0 Å². The molecular weight excluding hydrogens is 316 g/mol. The van der Waals surface area contributed by atoms with Gasteiger partial charge in [0.2, 0.25) is 21.8 Å². The van der Waals surface area contributed by atoms with E-state index in [1.54, 1.807) is 7.05 Å². The highest BCUT2D eigenvalue weighted by molar-refractivity contribution is 7.89. The monoisotopic (exact) mass is 338 g/mol. The fourth-order valence-corrected chi connectivity index (χ4v) is 3.70. The van der Waals surface area contributed by atoms with Crippen LogP contribution in [0.4, 0.5) is 5.69 Å². The van der Waals surface area contributed by atoms with Gasteiger partial charge < -0.3 is 0 Å². The highest BCUT2D eigenvalue weighted by atomic mass is 32.2. The maximum absolute atomic E-state index is 12.4. The molecule has 0 N–H and O–H groups in total. The molecule has 1 aliphatic rings. The van der Waals surface area contributed by atoms with E-state index in [2.05, 4.69) is 0 Å². The molecule has 2 amide bonds. The lowest BCUT2D eigenvalue weighted by atomic mass is 10.1. The van der Waals surface area contributed by atoms with E-state index < -0.39 is 10.0 Å². The van der Waals surface area contributed by atoms with Crippen molar-refractivity contribution in [3.63, 3.8) is 0 Å². The molecule has 6 nitrogen and oxygen atoms in total. The maximum atomic E-state index is 12.4. The first-order chi connectivity index (χ1) is 10.9. The van der Waals surface area contributed by atoms with Crippen LogP contribution in [0.25, 0.3) is 0 Å². The van der Waals surface area contributed by atoms with Crippen molar-refractivity contribution >= 4 is 27.5 Å². The van der Waals surface area contributed by atoms with Crippen molar-refractivity contribution in [3.8, 4) is 0 Å². The smallest absolute Gasteiger partial charge is 0.242 e. The minimum atomic E-state index is -3.54. The summed E-state index contributed by atoms with van der Waals surface area (Å²) in [4.78, 5) is 25.1. The Bertz CT molecular complexity index is 667. The van der Waals surface area contributed by atoms with Gasteiger partial charge in [0.25, 0.3) is 0 Å². The third kappa shape index (κ3) is 3.79. The van der Waals surface area contributed by atoms with Crippen LogP contribution >= 0.6 is 0 Å². The van der Waals surface area contributed by atoms with Crippen molar-refractivity contribution < 1.29 is 18.0 Å². The molecule has 1 heterocycles. The molecule has 126 valence electrons. The lowest BCUT2D eigenvalue weighted by Crippen LogP contribution is -2.40. The second-order valence-electron chi connectivity index (χ2n) is 5.65. The second-order valence-corrected chi connectivity index (χ2v) is 7.70. The number of imide groups is 1. The normalized spacial score (nSPS) is 16.2. The van der Waals surface area contributed by atoms with Crippen LogP contribution in [0.3, 0.4) is 0 Å². The van der Waals surface area contributed by atoms with Crippen LogP contribution in [0, 0.1) is 0 Å². The largest absolute Gasteiger partial charge is 0.274 e. The van der Waals surface area contributed by atoms with Gasteiger partial charge in [-0.05, 0) is 37.1 Å². The van der Waals surface area contributed by atoms with E-state index in [1.807, 2.05) is 6.92 Å². The average Bonchev–Trinajstić information content (AvgIpc) is 2.53. The summed E-state index contributed by atoms with van der Waals surface area (Å²) in [5, 5.41) is 0. The first-order valence-corrected chi connectivity index (χ1v) is 9.24. The quantitative estimate of drug-likeness (QED) is 0.745. The fourth-order valence-electron chi connectivity index (χ4n) is 2.49. The molecule has 1 aromatic carbocycles. The van der Waals surface area contributed by atoms with Crippen LogP contribution in [0.15, 0.2) is 29.2 Å². The summed E-state index contributed by atoms with van der Waals surface area (Å²) in [5.74, 6) is -0.478. The first-order valence-electron chi connectivity index (χ1n) is 7.80. The van der Waals surface area contributed by atoms with Gasteiger partial charge in [0.05, 0.1) is 10.6 Å². The van der Waals surface area contributed by atoms with Crippen LogP contribution in [0.1, 0.15) is 39.0 Å². The molecule has 2 rings (SSSR count). The van der Waals surface area contributed by atoms with Crippen LogP contribution in [-0.4, -0.2) is 38.1 Å². The summed E-state index contributed by atoms with van der Waals surface area (Å²) in [7, 11) is -1.99. The van der Waals surface area contributed by atoms with E-state index >= 15 is 0 Å². The number of carbonyl (C=O) groups excluding carboxylic acids is 2. The van der Waals surface area contributed by atoms with Gasteiger partial charge in [-0.1, -0.05) is 13.3 Å². The lowest BCUT2D eigenvalue weighted by molar-refractivity contribution is -0.129. The first kappa shape index (κ1) is 17.6. The Labute approximate surface area is 137 Å². The van der Waals surface area contributed by atoms with Crippen LogP contribution < -0.4 is 4.90 Å². The number of piperidine rings is 1. The molecule has 0 atom stereocenters. The topological polar surface area (TPSA) is 74.8 Å². The fraction of sp³-hybridized carbons (Fsp3) is 0.500. The molecule has 23 heavy (non-hydrogen) atoms. The van der Waals surface area contributed by atoms with Gasteiger partial charge in [-0.25, -0.2) is 12.7 Å². The minimum absolute atomic E-state index is 0.164. The summed E-state index contributed by atoms with van der Waals surface area (Å²) in [5.41, 5.74) is 0.426. The van der Waals surface area contributed by atoms with Crippen molar-refractivity contribution in [1.29, 1.82) is 0 Å². The van der Waals surface area contributed by atoms with Crippen LogP contribution in [-0.2, 0) is 19.6 Å². The van der Waals surface area contributed by atoms with Crippen molar-refractivity contribution in [2.75, 3.05) is 18.5 Å². The van der Waals surface area contributed by atoms with Crippen molar-refractivity contribution in [2.45, 2.75) is 43.9 Å². The zero-order valence-corrected chi connectivity index (χ0v) is 14.3. The zero-order chi connectivity index (χ0) is 17.0. The molecule has 1 saturated heterocycles. The molecule has 7 heteroatoms. The number of carbonyl (C=O) groups is 2. The Kier molecular flexibility index (Phi) is 5.54. The van der Waals surface area contributed by atoms with Crippen molar-refractivity contribution in [3.05, 3.63) is 24.3 Å². The summed E-state index contributed by atoms with van der Waals surface area (Å²) in [6.45, 7) is 2.46. The SMILES string of the molecule is CCCCN(C)S(=O)(=O)c1ccc(N2C(=O)CCCC2=O)cc1. The zero-order valence-electron chi connectivity index (χ0n) is 13.5. The highest BCUT2D eigenvalue weighted by Crippen LogP contribution is 2.24. The maximum Gasteiger partial charge on any atom is 0.242 e. The van der Waals surface area contributed by atoms with E-state index in [9.17, 15) is 18.0 Å². The number of benzene rings is 1. The summed E-state index contributed by atoms with van der Waals surface area (Å²) >= 11 is 0. The molecule has 1 aliphatic heterocycles. The average molecular weight is 338 g/mol. The minimum Gasteiger partial charge on any atom is -0.274 e. The predicted octanol–water partition coefficient (Wildman–Crippen LogP) is 2.15. The van der Waals surface area contributed by atoms with E-state index in [0.29, 0.717) is 31.5 Å². The summed E-state index contributed by atoms with van der Waals surface area (Å²) < 4.78 is 26.2. The number of anilines is 1. The standard InChI is InChI=1S/C16H22N2O4S/c1-3-4-12-17(2)23(21,22)14-10-8-13(9-11-14)18-15(19)6-5-7-16(18)20/h8-11H,3-7,12H2,1-2H3. The van der Waals surface area contributed by atoms with Gasteiger partial charge in [-0.15, -0.1) is 0 Å². The van der Waals surface area contributed by atoms with Gasteiger partial charge in [-0.3, -0.25) is 14.5 Å². The summed E-state index contributed by atoms with van der Waals surface area (Å²) in [6.07, 6.45) is 2.96. The van der Waals surface area contributed by atoms with Gasteiger partial charge in [0.15, 0.2) is 0 Å². The molecule has 0 saturated carbocycles. The Morgan fingerprint density at radius 3 is 2.17 bits per heavy atom. The Morgan fingerprint density at radius 1 is 1.09 bits per heavy atom. The molecule has 1 fully saturated rings. The van der Waals surface area contributed by atoms with Crippen LogP contribution in [0.2, 0.25) is 0 Å². The van der Waals surface area contributed by atoms with Gasteiger partial charge in [-0.2, -0.15) is 0 Å². The van der Waals surface area contributed by atoms with E-state index in [-0.39, 0.29) is 16.7 Å². The molecule has 0 aliphatic carbocycles. The number of unbranched alkanes of at least 4 members (excludes halogenated alkanes) is 1. The van der Waals surface area contributed by atoms with E-state index in [0.717, 1.165) is 17.7 Å². The lowest BCUT2D eigenvalue weighted by Gasteiger charge is -2.25. The molecule has 0 bridgehead atoms. The number of rotatable bonds is 6. The van der Waals surface area contributed by atoms with E-state index in [1.165, 1.54) is 28.6 Å². The molecule has 0 spiro atoms. The van der Waals surface area contributed by atoms with Crippen molar-refractivity contribution in [1.82, 2.24) is 4.31 Å². The highest BCUT2D eigenvalue weighted by Gasteiger charge is 2.28. The Morgan fingerprint density at radius 2 is 1.65 bits per heavy atom. The number of hydrogen-bond donors (Lipinski definition) is 0. The van der Waals surface area contributed by atoms with E-state index in [4.69, 9.17) is 0 Å². The number of nitrogens with zero attached hydrogens (tertiary/aromatic N) is 2. The molecule has 1 aromatic rings. The van der Waals surface area contributed by atoms with Gasteiger partial charge in [0, 0.05) is 26.4 Å². The van der Waals surface area contributed by atoms with Gasteiger partial charge in [0.1, 0.15) is 0 Å². The second kappa shape index (κ2) is 7.23. The van der Waals surface area contributed by atoms with Crippen molar-refractivity contribution in [2.24, 2.45) is 0 Å². The summed E-state index contributed by atoms with van der Waals surface area (Å²) in [6, 6.07) is 5.92. The predicted molar refractivity (Wildman–Crippen MR) is 87.5 cm³/mol. The molecule has 0 unspecified atom stereocenters. The third-order valence-electron chi connectivity index (χ3n) is 3.91. The number of sulfonamides is 1. The third-order valence-corrected chi connectivity index (χ3v) is 5.78. The number of amides is 2. The van der Waals surface area contributed by atoms with Crippen LogP contribution in [0.5, 0.6) is 0 Å².